The Hall–Kier alpha value is -2.84. The molecule has 0 atom stereocenters. The van der Waals surface area contributed by atoms with Crippen LogP contribution in [0.1, 0.15) is 12.0 Å². The molecule has 3 aromatic rings. The van der Waals surface area contributed by atoms with E-state index in [1.165, 1.54) is 20.2 Å². The lowest BCUT2D eigenvalue weighted by molar-refractivity contribution is -0.116. The number of rotatable bonds is 7. The first-order chi connectivity index (χ1) is 13.7. The van der Waals surface area contributed by atoms with Crippen LogP contribution >= 0.6 is 0 Å². The van der Waals surface area contributed by atoms with Gasteiger partial charge in [0.15, 0.2) is 0 Å². The minimum absolute atomic E-state index is 0.139. The molecule has 0 aliphatic heterocycles. The molecule has 3 rings (SSSR count). The molecule has 29 heavy (non-hydrogen) atoms. The molecule has 0 saturated carbocycles. The summed E-state index contributed by atoms with van der Waals surface area (Å²) < 4.78 is 26.1. The lowest BCUT2D eigenvalue weighted by Crippen LogP contribution is -2.23. The summed E-state index contributed by atoms with van der Waals surface area (Å²) in [5.74, 6) is -0.169. The van der Waals surface area contributed by atoms with Gasteiger partial charge in [-0.15, -0.1) is 0 Å². The maximum Gasteiger partial charge on any atom is 0.242 e. The van der Waals surface area contributed by atoms with Crippen LogP contribution in [0, 0.1) is 0 Å². The van der Waals surface area contributed by atoms with E-state index in [1.807, 2.05) is 49.5 Å². The van der Waals surface area contributed by atoms with E-state index in [0.29, 0.717) is 18.5 Å². The van der Waals surface area contributed by atoms with Gasteiger partial charge in [0.2, 0.25) is 15.9 Å². The van der Waals surface area contributed by atoms with Crippen molar-refractivity contribution in [1.82, 2.24) is 9.29 Å². The van der Waals surface area contributed by atoms with Crippen molar-refractivity contribution in [3.63, 3.8) is 0 Å². The average molecular weight is 415 g/mol. The van der Waals surface area contributed by atoms with Crippen molar-refractivity contribution in [2.24, 2.45) is 0 Å². The number of aromatic amines is 1. The molecule has 0 radical (unpaired) electrons. The first-order valence-corrected chi connectivity index (χ1v) is 10.7. The number of H-pyrrole nitrogens is 1. The Bertz CT molecular complexity index is 1130. The van der Waals surface area contributed by atoms with Crippen molar-refractivity contribution in [3.8, 4) is 0 Å². The Morgan fingerprint density at radius 2 is 1.79 bits per heavy atom. The number of nitrogens with one attached hydrogen (secondary N) is 2. The van der Waals surface area contributed by atoms with Gasteiger partial charge in [-0.25, -0.2) is 12.7 Å². The number of hydrogen-bond acceptors (Lipinski definition) is 4. The van der Waals surface area contributed by atoms with Gasteiger partial charge in [0, 0.05) is 51.7 Å². The van der Waals surface area contributed by atoms with Gasteiger partial charge < -0.3 is 15.2 Å². The summed E-state index contributed by atoms with van der Waals surface area (Å²) in [6, 6.07) is 12.7. The molecule has 2 aromatic carbocycles. The van der Waals surface area contributed by atoms with Gasteiger partial charge >= 0.3 is 0 Å². The number of fused-ring (bicyclic) bond motifs is 1. The number of sulfonamides is 1. The second-order valence-corrected chi connectivity index (χ2v) is 9.42. The van der Waals surface area contributed by atoms with Crippen LogP contribution in [-0.4, -0.2) is 51.8 Å². The van der Waals surface area contributed by atoms with E-state index < -0.39 is 10.0 Å². The Morgan fingerprint density at radius 1 is 1.07 bits per heavy atom. The van der Waals surface area contributed by atoms with Gasteiger partial charge in [0.1, 0.15) is 0 Å². The summed E-state index contributed by atoms with van der Waals surface area (Å²) in [6.45, 7) is 0. The van der Waals surface area contributed by atoms with Crippen molar-refractivity contribution < 1.29 is 13.2 Å². The number of aromatic nitrogens is 1. The molecule has 1 heterocycles. The first-order valence-electron chi connectivity index (χ1n) is 9.29. The highest BCUT2D eigenvalue weighted by Gasteiger charge is 2.20. The number of carbonyl (C=O) groups is 1. The Morgan fingerprint density at radius 3 is 2.48 bits per heavy atom. The number of benzene rings is 2. The summed E-state index contributed by atoms with van der Waals surface area (Å²) in [5.41, 5.74) is 3.33. The molecule has 0 aliphatic carbocycles. The fourth-order valence-corrected chi connectivity index (χ4v) is 4.10. The number of anilines is 2. The fourth-order valence-electron chi connectivity index (χ4n) is 3.18. The van der Waals surface area contributed by atoms with E-state index in [0.717, 1.165) is 26.5 Å². The maximum atomic E-state index is 12.6. The molecule has 0 bridgehead atoms. The number of nitrogens with zero attached hydrogens (tertiary/aromatic N) is 2. The first kappa shape index (κ1) is 20.9. The van der Waals surface area contributed by atoms with E-state index in [4.69, 9.17) is 0 Å². The van der Waals surface area contributed by atoms with Gasteiger partial charge in [-0.05, 0) is 36.2 Å². The van der Waals surface area contributed by atoms with E-state index in [2.05, 4.69) is 10.3 Å². The van der Waals surface area contributed by atoms with Gasteiger partial charge in [0.25, 0.3) is 0 Å². The number of para-hydroxylation sites is 1. The second kappa shape index (κ2) is 8.26. The van der Waals surface area contributed by atoms with E-state index in [1.54, 1.807) is 12.1 Å². The summed E-state index contributed by atoms with van der Waals surface area (Å²) in [7, 11) is 3.06. The number of aryl methyl sites for hydroxylation is 1. The monoisotopic (exact) mass is 414 g/mol. The van der Waals surface area contributed by atoms with Crippen molar-refractivity contribution in [2.75, 3.05) is 38.4 Å². The van der Waals surface area contributed by atoms with Gasteiger partial charge in [0.05, 0.1) is 16.3 Å². The van der Waals surface area contributed by atoms with Crippen molar-refractivity contribution in [3.05, 3.63) is 54.2 Å². The van der Waals surface area contributed by atoms with Crippen molar-refractivity contribution in [2.45, 2.75) is 17.7 Å². The average Bonchev–Trinajstić information content (AvgIpc) is 3.09. The highest BCUT2D eigenvalue weighted by atomic mass is 32.2. The molecule has 2 N–H and O–H groups in total. The zero-order valence-electron chi connectivity index (χ0n) is 17.1. The largest absolute Gasteiger partial charge is 0.376 e. The van der Waals surface area contributed by atoms with E-state index >= 15 is 0 Å². The van der Waals surface area contributed by atoms with Crippen LogP contribution < -0.4 is 10.2 Å². The molecular weight excluding hydrogens is 388 g/mol. The second-order valence-electron chi connectivity index (χ2n) is 7.27. The summed E-state index contributed by atoms with van der Waals surface area (Å²) in [4.78, 5) is 17.8. The zero-order valence-corrected chi connectivity index (χ0v) is 17.9. The smallest absolute Gasteiger partial charge is 0.242 e. The van der Waals surface area contributed by atoms with Crippen LogP contribution in [0.3, 0.4) is 0 Å². The number of carbonyl (C=O) groups excluding carboxylic acids is 1. The normalized spacial score (nSPS) is 11.8. The van der Waals surface area contributed by atoms with Crippen LogP contribution in [-0.2, 0) is 21.2 Å². The third kappa shape index (κ3) is 4.44. The van der Waals surface area contributed by atoms with Gasteiger partial charge in [-0.3, -0.25) is 4.79 Å². The molecule has 0 spiro atoms. The van der Waals surface area contributed by atoms with Crippen LogP contribution in [0.2, 0.25) is 0 Å². The predicted octanol–water partition coefficient (Wildman–Crippen LogP) is 3.06. The molecule has 8 heteroatoms. The molecule has 1 aromatic heterocycles. The molecule has 0 saturated heterocycles. The van der Waals surface area contributed by atoms with Crippen LogP contribution in [0.5, 0.6) is 0 Å². The third-order valence-electron chi connectivity index (χ3n) is 4.80. The molecule has 7 nitrogen and oxygen atoms in total. The number of amides is 1. The predicted molar refractivity (Wildman–Crippen MR) is 117 cm³/mol. The zero-order chi connectivity index (χ0) is 21.2. The molecule has 0 unspecified atom stereocenters. The SMILES string of the molecule is CN(C)c1ccc(S(=O)(=O)N(C)C)cc1NC(=O)CCc1c[nH]c2ccccc12. The molecule has 154 valence electrons. The molecular formula is C21H26N4O3S. The highest BCUT2D eigenvalue weighted by Crippen LogP contribution is 2.29. The van der Waals surface area contributed by atoms with E-state index in [9.17, 15) is 13.2 Å². The van der Waals surface area contributed by atoms with Gasteiger partial charge in [-0.2, -0.15) is 0 Å². The minimum atomic E-state index is -3.59. The lowest BCUT2D eigenvalue weighted by Gasteiger charge is -2.20. The summed E-state index contributed by atoms with van der Waals surface area (Å²) in [6.07, 6.45) is 2.80. The van der Waals surface area contributed by atoms with Crippen LogP contribution in [0.4, 0.5) is 11.4 Å². The summed E-state index contributed by atoms with van der Waals surface area (Å²) >= 11 is 0. The van der Waals surface area contributed by atoms with E-state index in [-0.39, 0.29) is 10.8 Å². The quantitative estimate of drug-likeness (QED) is 0.622. The Kier molecular flexibility index (Phi) is 5.95. The Labute approximate surface area is 171 Å². The van der Waals surface area contributed by atoms with Crippen LogP contribution in [0.15, 0.2) is 53.6 Å². The molecule has 1 amide bonds. The highest BCUT2D eigenvalue weighted by molar-refractivity contribution is 7.89. The van der Waals surface area contributed by atoms with Crippen molar-refractivity contribution in [1.29, 1.82) is 0 Å². The minimum Gasteiger partial charge on any atom is -0.376 e. The topological polar surface area (TPSA) is 85.5 Å². The standard InChI is InChI=1S/C21H26N4O3S/c1-24(2)20-11-10-16(29(27,28)25(3)4)13-19(20)23-21(26)12-9-15-14-22-18-8-6-5-7-17(15)18/h5-8,10-11,13-14,22H,9,12H2,1-4H3,(H,23,26). The van der Waals surface area contributed by atoms with Crippen molar-refractivity contribution >= 4 is 38.2 Å². The van der Waals surface area contributed by atoms with Crippen LogP contribution in [0.25, 0.3) is 10.9 Å². The maximum absolute atomic E-state index is 12.6. The number of hydrogen-bond donors (Lipinski definition) is 2. The third-order valence-corrected chi connectivity index (χ3v) is 6.61. The molecule has 0 fully saturated rings. The molecule has 0 aliphatic rings. The van der Waals surface area contributed by atoms with Gasteiger partial charge in [-0.1, -0.05) is 18.2 Å². The fraction of sp³-hybridized carbons (Fsp3) is 0.286. The summed E-state index contributed by atoms with van der Waals surface area (Å²) in [5, 5.41) is 3.98. The Balaban J connectivity index is 1.79. The lowest BCUT2D eigenvalue weighted by atomic mass is 10.1.